The first kappa shape index (κ1) is 17.9. The fourth-order valence-electron chi connectivity index (χ4n) is 0.236. The van der Waals surface area contributed by atoms with Crippen molar-refractivity contribution in [3.05, 3.63) is 25.3 Å². The predicted octanol–water partition coefficient (Wildman–Crippen LogP) is -1.38. The third-order valence-corrected chi connectivity index (χ3v) is 0.622. The Kier molecular flexibility index (Phi) is 18.6. The number of carboxylic acids is 2. The summed E-state index contributed by atoms with van der Waals surface area (Å²) in [6.07, 6.45) is 2.46. The first-order chi connectivity index (χ1) is 5.54. The minimum Gasteiger partial charge on any atom is -0.550 e. The molecule has 0 radical (unpaired) electrons. The average molecular weight is 226 g/mol. The van der Waals surface area contributed by atoms with Crippen LogP contribution < -0.4 is 10.2 Å². The molecule has 0 aliphatic heterocycles. The smallest absolute Gasteiger partial charge is 0.550 e. The molecule has 5 heteroatoms. The molecule has 0 spiro atoms. The van der Waals surface area contributed by atoms with Gasteiger partial charge in [-0.25, -0.2) is 0 Å². The third-order valence-electron chi connectivity index (χ3n) is 0.622. The molecule has 0 saturated carbocycles. The van der Waals surface area contributed by atoms with E-state index in [4.69, 9.17) is 0 Å². The molecule has 0 N–H and O–H groups in total. The fraction of sp³-hybridized carbons (Fsp3) is 0.250. The maximum Gasteiger partial charge on any atom is 2.00 e. The van der Waals surface area contributed by atoms with Crippen molar-refractivity contribution in [2.75, 3.05) is 0 Å². The molecule has 0 heterocycles. The molecule has 0 rings (SSSR count). The predicted molar refractivity (Wildman–Crippen MR) is 39.6 cm³/mol. The number of aliphatic carboxylic acids is 2. The van der Waals surface area contributed by atoms with Crippen LogP contribution >= 0.6 is 0 Å². The largest absolute Gasteiger partial charge is 2.00 e. The first-order valence-electron chi connectivity index (χ1n) is 3.16. The summed E-state index contributed by atoms with van der Waals surface area (Å²) < 4.78 is 0. The molecule has 0 aromatic rings. The van der Waals surface area contributed by atoms with Crippen molar-refractivity contribution in [3.63, 3.8) is 0 Å². The third kappa shape index (κ3) is 35.8. The molecule has 0 aromatic heterocycles. The molecular formula is C8H10FeO4. The van der Waals surface area contributed by atoms with Gasteiger partial charge in [0.2, 0.25) is 0 Å². The van der Waals surface area contributed by atoms with Crippen molar-refractivity contribution in [2.45, 2.75) is 12.8 Å². The van der Waals surface area contributed by atoms with Gasteiger partial charge in [0, 0.05) is 24.8 Å². The molecule has 4 nitrogen and oxygen atoms in total. The summed E-state index contributed by atoms with van der Waals surface area (Å²) in [5.41, 5.74) is 0. The SMILES string of the molecule is C=CCC(=O)[O-].C=CCC(=O)[O-].[Fe+2]. The van der Waals surface area contributed by atoms with Crippen LogP contribution in [0.4, 0.5) is 0 Å². The van der Waals surface area contributed by atoms with Gasteiger partial charge in [-0.1, -0.05) is 12.2 Å². The van der Waals surface area contributed by atoms with E-state index in [-0.39, 0.29) is 29.9 Å². The van der Waals surface area contributed by atoms with E-state index in [0.717, 1.165) is 0 Å². The van der Waals surface area contributed by atoms with Gasteiger partial charge in [0.25, 0.3) is 0 Å². The second-order valence-corrected chi connectivity index (χ2v) is 1.73. The minimum absolute atomic E-state index is 0. The Morgan fingerprint density at radius 3 is 1.23 bits per heavy atom. The summed E-state index contributed by atoms with van der Waals surface area (Å²) in [6, 6.07) is 0. The molecular weight excluding hydrogens is 216 g/mol. The van der Waals surface area contributed by atoms with E-state index >= 15 is 0 Å². The van der Waals surface area contributed by atoms with Gasteiger partial charge >= 0.3 is 17.1 Å². The zero-order valence-corrected chi connectivity index (χ0v) is 8.07. The van der Waals surface area contributed by atoms with Crippen LogP contribution in [0.25, 0.3) is 0 Å². The molecule has 0 aliphatic carbocycles. The Labute approximate surface area is 87.4 Å². The van der Waals surface area contributed by atoms with Crippen molar-refractivity contribution < 1.29 is 36.9 Å². The van der Waals surface area contributed by atoms with Gasteiger partial charge in [0.05, 0.1) is 0 Å². The molecule has 0 bridgehead atoms. The standard InChI is InChI=1S/2C4H6O2.Fe/c2*1-2-3-4(5)6;/h2*2H,1,3H2,(H,5,6);/q;;+2/p-2. The van der Waals surface area contributed by atoms with E-state index in [1.54, 1.807) is 0 Å². The van der Waals surface area contributed by atoms with Crippen molar-refractivity contribution >= 4 is 11.9 Å². The normalized spacial score (nSPS) is 6.77. The Hall–Kier alpha value is -1.06. The van der Waals surface area contributed by atoms with Crippen LogP contribution in [0.2, 0.25) is 0 Å². The van der Waals surface area contributed by atoms with Crippen LogP contribution in [0.1, 0.15) is 12.8 Å². The van der Waals surface area contributed by atoms with Crippen molar-refractivity contribution in [3.8, 4) is 0 Å². The van der Waals surface area contributed by atoms with Gasteiger partial charge in [-0.2, -0.15) is 0 Å². The van der Waals surface area contributed by atoms with E-state index in [0.29, 0.717) is 0 Å². The van der Waals surface area contributed by atoms with Gasteiger partial charge in [-0.05, 0) is 0 Å². The number of carbonyl (C=O) groups excluding carboxylic acids is 2. The quantitative estimate of drug-likeness (QED) is 0.437. The van der Waals surface area contributed by atoms with Crippen molar-refractivity contribution in [1.29, 1.82) is 0 Å². The molecule has 0 saturated heterocycles. The molecule has 0 unspecified atom stereocenters. The van der Waals surface area contributed by atoms with E-state index < -0.39 is 11.9 Å². The molecule has 0 aliphatic rings. The monoisotopic (exact) mass is 226 g/mol. The Morgan fingerprint density at radius 2 is 1.23 bits per heavy atom. The Balaban J connectivity index is -0.000000143. The summed E-state index contributed by atoms with van der Waals surface area (Å²) in [5, 5.41) is 18.8. The molecule has 0 amide bonds. The number of carbonyl (C=O) groups is 2. The second-order valence-electron chi connectivity index (χ2n) is 1.73. The van der Waals surface area contributed by atoms with Crippen LogP contribution in [0.3, 0.4) is 0 Å². The molecule has 13 heavy (non-hydrogen) atoms. The maximum absolute atomic E-state index is 9.42. The zero-order valence-electron chi connectivity index (χ0n) is 6.97. The average Bonchev–Trinajstić information content (AvgIpc) is 1.87. The number of rotatable bonds is 4. The van der Waals surface area contributed by atoms with Gasteiger partial charge in [-0.15, -0.1) is 13.2 Å². The van der Waals surface area contributed by atoms with Crippen molar-refractivity contribution in [1.82, 2.24) is 0 Å². The number of hydrogen-bond donors (Lipinski definition) is 0. The van der Waals surface area contributed by atoms with Crippen molar-refractivity contribution in [2.24, 2.45) is 0 Å². The molecule has 0 fully saturated rings. The van der Waals surface area contributed by atoms with Crippen LogP contribution in [0, 0.1) is 0 Å². The van der Waals surface area contributed by atoms with E-state index in [9.17, 15) is 19.8 Å². The van der Waals surface area contributed by atoms with Gasteiger partial charge < -0.3 is 19.8 Å². The van der Waals surface area contributed by atoms with Crippen LogP contribution in [0.15, 0.2) is 25.3 Å². The summed E-state index contributed by atoms with van der Waals surface area (Å²) in [6.45, 7) is 6.36. The fourth-order valence-corrected chi connectivity index (χ4v) is 0.236. The summed E-state index contributed by atoms with van der Waals surface area (Å²) in [5.74, 6) is -2.16. The van der Waals surface area contributed by atoms with E-state index in [1.165, 1.54) is 12.2 Å². The molecule has 0 aromatic carbocycles. The Bertz CT molecular complexity index is 157. The van der Waals surface area contributed by atoms with E-state index in [1.807, 2.05) is 0 Å². The van der Waals surface area contributed by atoms with Crippen LogP contribution in [0.5, 0.6) is 0 Å². The second kappa shape index (κ2) is 13.5. The van der Waals surface area contributed by atoms with Gasteiger partial charge in [-0.3, -0.25) is 0 Å². The van der Waals surface area contributed by atoms with Crippen LogP contribution in [-0.4, -0.2) is 11.9 Å². The summed E-state index contributed by atoms with van der Waals surface area (Å²) in [7, 11) is 0. The zero-order chi connectivity index (χ0) is 9.98. The van der Waals surface area contributed by atoms with Gasteiger partial charge in [0.1, 0.15) is 0 Å². The first-order valence-corrected chi connectivity index (χ1v) is 3.16. The maximum atomic E-state index is 9.42. The summed E-state index contributed by atoms with van der Waals surface area (Å²) >= 11 is 0. The topological polar surface area (TPSA) is 80.3 Å². The summed E-state index contributed by atoms with van der Waals surface area (Å²) in [4.78, 5) is 18.8. The molecule has 0 atom stereocenters. The minimum atomic E-state index is -1.08. The van der Waals surface area contributed by atoms with Gasteiger partial charge in [0.15, 0.2) is 0 Å². The molecule has 74 valence electrons. The van der Waals surface area contributed by atoms with E-state index in [2.05, 4.69) is 13.2 Å². The number of carboxylic acid groups (broad SMARTS) is 2. The van der Waals surface area contributed by atoms with Crippen LogP contribution in [-0.2, 0) is 26.7 Å². The Morgan fingerprint density at radius 1 is 1.00 bits per heavy atom. The number of hydrogen-bond acceptors (Lipinski definition) is 4.